The highest BCUT2D eigenvalue weighted by atomic mass is 16.5. The SMILES string of the molecule is C[C@@H]1O[C@@H](C(=O)O)C[C@H]1O. The van der Waals surface area contributed by atoms with Gasteiger partial charge in [0.2, 0.25) is 0 Å². The van der Waals surface area contributed by atoms with Gasteiger partial charge in [0.25, 0.3) is 0 Å². The predicted octanol–water partition coefficient (Wildman–Crippen LogP) is -0.391. The minimum absolute atomic E-state index is 0.205. The van der Waals surface area contributed by atoms with Gasteiger partial charge in [0, 0.05) is 6.42 Å². The van der Waals surface area contributed by atoms with Crippen molar-refractivity contribution in [2.75, 3.05) is 0 Å². The Hall–Kier alpha value is -0.610. The van der Waals surface area contributed by atoms with E-state index < -0.39 is 18.2 Å². The van der Waals surface area contributed by atoms with Crippen LogP contribution in [-0.4, -0.2) is 34.5 Å². The quantitative estimate of drug-likeness (QED) is 0.528. The third-order valence-electron chi connectivity index (χ3n) is 1.65. The molecule has 0 saturated carbocycles. The van der Waals surface area contributed by atoms with E-state index in [1.807, 2.05) is 0 Å². The molecule has 2 N–H and O–H groups in total. The highest BCUT2D eigenvalue weighted by molar-refractivity contribution is 5.72. The summed E-state index contributed by atoms with van der Waals surface area (Å²) in [5.74, 6) is -0.997. The average molecular weight is 146 g/mol. The number of carboxylic acid groups (broad SMARTS) is 1. The van der Waals surface area contributed by atoms with Gasteiger partial charge in [0.15, 0.2) is 6.10 Å². The van der Waals surface area contributed by atoms with Crippen molar-refractivity contribution in [1.82, 2.24) is 0 Å². The average Bonchev–Trinajstić information content (AvgIpc) is 2.13. The van der Waals surface area contributed by atoms with Gasteiger partial charge in [-0.25, -0.2) is 4.79 Å². The number of ether oxygens (including phenoxy) is 1. The van der Waals surface area contributed by atoms with Crippen molar-refractivity contribution >= 4 is 5.97 Å². The van der Waals surface area contributed by atoms with E-state index in [1.165, 1.54) is 0 Å². The first-order chi connectivity index (χ1) is 4.61. The van der Waals surface area contributed by atoms with Gasteiger partial charge in [-0.15, -0.1) is 0 Å². The van der Waals surface area contributed by atoms with Crippen molar-refractivity contribution in [3.8, 4) is 0 Å². The van der Waals surface area contributed by atoms with Crippen molar-refractivity contribution in [2.24, 2.45) is 0 Å². The van der Waals surface area contributed by atoms with Crippen LogP contribution in [0.4, 0.5) is 0 Å². The predicted molar refractivity (Wildman–Crippen MR) is 32.6 cm³/mol. The minimum atomic E-state index is -0.997. The second-order valence-corrected chi connectivity index (χ2v) is 2.47. The summed E-state index contributed by atoms with van der Waals surface area (Å²) in [6, 6.07) is 0. The molecule has 0 bridgehead atoms. The first-order valence-electron chi connectivity index (χ1n) is 3.17. The monoisotopic (exact) mass is 146 g/mol. The summed E-state index contributed by atoms with van der Waals surface area (Å²) in [6.45, 7) is 1.66. The number of aliphatic hydroxyl groups excluding tert-OH is 1. The molecule has 10 heavy (non-hydrogen) atoms. The number of carbonyl (C=O) groups is 1. The topological polar surface area (TPSA) is 66.8 Å². The van der Waals surface area contributed by atoms with Crippen LogP contribution in [0.15, 0.2) is 0 Å². The smallest absolute Gasteiger partial charge is 0.332 e. The zero-order valence-electron chi connectivity index (χ0n) is 5.65. The second kappa shape index (κ2) is 2.56. The van der Waals surface area contributed by atoms with E-state index in [-0.39, 0.29) is 12.5 Å². The Morgan fingerprint density at radius 1 is 1.70 bits per heavy atom. The molecule has 0 aromatic rings. The van der Waals surface area contributed by atoms with Crippen LogP contribution in [0.3, 0.4) is 0 Å². The lowest BCUT2D eigenvalue weighted by molar-refractivity contribution is -0.149. The van der Waals surface area contributed by atoms with E-state index in [9.17, 15) is 4.79 Å². The Kier molecular flexibility index (Phi) is 1.92. The van der Waals surface area contributed by atoms with Crippen LogP contribution in [0.5, 0.6) is 0 Å². The van der Waals surface area contributed by atoms with Crippen molar-refractivity contribution in [3.63, 3.8) is 0 Å². The van der Waals surface area contributed by atoms with Crippen molar-refractivity contribution in [2.45, 2.75) is 31.7 Å². The number of aliphatic carboxylic acids is 1. The summed E-state index contributed by atoms with van der Waals surface area (Å²) in [5.41, 5.74) is 0. The van der Waals surface area contributed by atoms with Gasteiger partial charge in [-0.05, 0) is 6.92 Å². The maximum atomic E-state index is 10.3. The summed E-state index contributed by atoms with van der Waals surface area (Å²) in [7, 11) is 0. The zero-order valence-corrected chi connectivity index (χ0v) is 5.65. The Labute approximate surface area is 58.4 Å². The Morgan fingerprint density at radius 2 is 2.30 bits per heavy atom. The van der Waals surface area contributed by atoms with E-state index in [4.69, 9.17) is 14.9 Å². The Bertz CT molecular complexity index is 135. The number of hydrogen-bond acceptors (Lipinski definition) is 3. The molecule has 0 aromatic heterocycles. The number of aliphatic hydroxyl groups is 1. The molecule has 0 amide bonds. The molecule has 4 heteroatoms. The fourth-order valence-corrected chi connectivity index (χ4v) is 0.975. The molecular weight excluding hydrogens is 136 g/mol. The maximum Gasteiger partial charge on any atom is 0.332 e. The summed E-state index contributed by atoms with van der Waals surface area (Å²) < 4.78 is 4.89. The van der Waals surface area contributed by atoms with Crippen molar-refractivity contribution in [1.29, 1.82) is 0 Å². The van der Waals surface area contributed by atoms with Gasteiger partial charge in [-0.2, -0.15) is 0 Å². The molecule has 4 nitrogen and oxygen atoms in total. The maximum absolute atomic E-state index is 10.3. The fourth-order valence-electron chi connectivity index (χ4n) is 0.975. The molecule has 1 aliphatic heterocycles. The molecule has 3 atom stereocenters. The number of carboxylic acids is 1. The van der Waals surface area contributed by atoms with Crippen LogP contribution < -0.4 is 0 Å². The lowest BCUT2D eigenvalue weighted by Gasteiger charge is -2.04. The molecule has 0 aliphatic carbocycles. The van der Waals surface area contributed by atoms with Crippen molar-refractivity contribution in [3.05, 3.63) is 0 Å². The largest absolute Gasteiger partial charge is 0.479 e. The lowest BCUT2D eigenvalue weighted by Crippen LogP contribution is -2.19. The number of rotatable bonds is 1. The standard InChI is InChI=1S/C6H10O4/c1-3-4(7)2-5(10-3)6(8)9/h3-5,7H,2H2,1H3,(H,8,9)/t3-,4+,5+/m0/s1. The minimum Gasteiger partial charge on any atom is -0.479 e. The molecule has 1 rings (SSSR count). The third-order valence-corrected chi connectivity index (χ3v) is 1.65. The van der Waals surface area contributed by atoms with Gasteiger partial charge in [-0.1, -0.05) is 0 Å². The summed E-state index contributed by atoms with van der Waals surface area (Å²) in [5, 5.41) is 17.4. The molecule has 0 spiro atoms. The first-order valence-corrected chi connectivity index (χ1v) is 3.17. The van der Waals surface area contributed by atoms with Gasteiger partial charge in [-0.3, -0.25) is 0 Å². The molecule has 1 saturated heterocycles. The Morgan fingerprint density at radius 3 is 2.50 bits per heavy atom. The molecule has 0 unspecified atom stereocenters. The third kappa shape index (κ3) is 1.27. The van der Waals surface area contributed by atoms with Crippen LogP contribution in [0.1, 0.15) is 13.3 Å². The van der Waals surface area contributed by atoms with E-state index >= 15 is 0 Å². The van der Waals surface area contributed by atoms with E-state index in [0.29, 0.717) is 0 Å². The summed E-state index contributed by atoms with van der Waals surface area (Å²) in [4.78, 5) is 10.3. The fraction of sp³-hybridized carbons (Fsp3) is 0.833. The van der Waals surface area contributed by atoms with Crippen LogP contribution in [0.25, 0.3) is 0 Å². The molecule has 1 aliphatic rings. The molecule has 1 heterocycles. The summed E-state index contributed by atoms with van der Waals surface area (Å²) in [6.07, 6.45) is -1.58. The first kappa shape index (κ1) is 7.50. The highest BCUT2D eigenvalue weighted by Crippen LogP contribution is 2.19. The van der Waals surface area contributed by atoms with Crippen molar-refractivity contribution < 1.29 is 19.7 Å². The van der Waals surface area contributed by atoms with Gasteiger partial charge < -0.3 is 14.9 Å². The summed E-state index contributed by atoms with van der Waals surface area (Å²) >= 11 is 0. The van der Waals surface area contributed by atoms with Gasteiger partial charge in [0.1, 0.15) is 0 Å². The van der Waals surface area contributed by atoms with E-state index in [1.54, 1.807) is 6.92 Å². The molecule has 58 valence electrons. The lowest BCUT2D eigenvalue weighted by atomic mass is 10.1. The number of hydrogen-bond donors (Lipinski definition) is 2. The highest BCUT2D eigenvalue weighted by Gasteiger charge is 2.34. The molecule has 0 aromatic carbocycles. The molecular formula is C6H10O4. The van der Waals surface area contributed by atoms with E-state index in [2.05, 4.69) is 0 Å². The van der Waals surface area contributed by atoms with E-state index in [0.717, 1.165) is 0 Å². The van der Waals surface area contributed by atoms with Crippen LogP contribution in [-0.2, 0) is 9.53 Å². The van der Waals surface area contributed by atoms with Crippen LogP contribution in [0, 0.1) is 0 Å². The van der Waals surface area contributed by atoms with Gasteiger partial charge >= 0.3 is 5.97 Å². The second-order valence-electron chi connectivity index (χ2n) is 2.47. The Balaban J connectivity index is 2.49. The van der Waals surface area contributed by atoms with Crippen LogP contribution >= 0.6 is 0 Å². The molecule has 1 fully saturated rings. The zero-order chi connectivity index (χ0) is 7.72. The molecule has 0 radical (unpaired) electrons. The van der Waals surface area contributed by atoms with Crippen LogP contribution in [0.2, 0.25) is 0 Å². The van der Waals surface area contributed by atoms with Gasteiger partial charge in [0.05, 0.1) is 12.2 Å². The normalized spacial score (nSPS) is 40.0.